The van der Waals surface area contributed by atoms with Gasteiger partial charge in [-0.2, -0.15) is 11.8 Å². The van der Waals surface area contributed by atoms with E-state index in [2.05, 4.69) is 13.0 Å². The molecule has 0 rings (SSSR count). The molecule has 0 bridgehead atoms. The van der Waals surface area contributed by atoms with Gasteiger partial charge in [0, 0.05) is 24.1 Å². The molecule has 0 spiro atoms. The molecule has 0 amide bonds. The first kappa shape index (κ1) is 10.0. The van der Waals surface area contributed by atoms with E-state index in [1.165, 1.54) is 0 Å². The van der Waals surface area contributed by atoms with E-state index in [0.29, 0.717) is 11.8 Å². The third-order valence-electron chi connectivity index (χ3n) is 1.11. The lowest BCUT2D eigenvalue weighted by Crippen LogP contribution is -2.12. The largest absolute Gasteiger partial charge is 0.329 e. The van der Waals surface area contributed by atoms with Crippen LogP contribution in [0.1, 0.15) is 6.92 Å². The molecule has 1 atom stereocenters. The first-order valence-electron chi connectivity index (χ1n) is 3.48. The summed E-state index contributed by atoms with van der Waals surface area (Å²) in [4.78, 5) is 0. The molecule has 2 nitrogen and oxygen atoms in total. The Kier molecular flexibility index (Phi) is 7.13. The molecule has 0 saturated carbocycles. The van der Waals surface area contributed by atoms with Gasteiger partial charge in [-0.05, 0) is 0 Å². The second-order valence-electron chi connectivity index (χ2n) is 2.09. The van der Waals surface area contributed by atoms with Crippen molar-refractivity contribution in [2.75, 3.05) is 18.8 Å². The van der Waals surface area contributed by atoms with Crippen molar-refractivity contribution in [2.45, 2.75) is 12.2 Å². The van der Waals surface area contributed by atoms with Gasteiger partial charge in [-0.1, -0.05) is 19.1 Å². The highest BCUT2D eigenvalue weighted by molar-refractivity contribution is 8.00. The van der Waals surface area contributed by atoms with Crippen LogP contribution in [0.3, 0.4) is 0 Å². The van der Waals surface area contributed by atoms with Crippen molar-refractivity contribution >= 4 is 11.8 Å². The molecule has 0 aromatic rings. The molecule has 0 aromatic heterocycles. The normalized spacial score (nSPS) is 14.3. The van der Waals surface area contributed by atoms with Crippen molar-refractivity contribution < 1.29 is 0 Å². The third-order valence-corrected chi connectivity index (χ3v) is 2.26. The standard InChI is InChI=1S/C7H16N2S/c1-7(6-9)10-5-3-2-4-8/h2-3,7H,4-6,8-9H2,1H3/b3-2+. The molecule has 0 saturated heterocycles. The highest BCUT2D eigenvalue weighted by Crippen LogP contribution is 2.07. The zero-order chi connectivity index (χ0) is 7.82. The number of rotatable bonds is 5. The SMILES string of the molecule is CC(CN)SC/C=C/CN. The van der Waals surface area contributed by atoms with Crippen LogP contribution in [-0.4, -0.2) is 24.1 Å². The Balaban J connectivity index is 3.10. The van der Waals surface area contributed by atoms with Crippen LogP contribution >= 0.6 is 11.8 Å². The van der Waals surface area contributed by atoms with E-state index in [1.807, 2.05) is 17.8 Å². The number of nitrogens with two attached hydrogens (primary N) is 2. The van der Waals surface area contributed by atoms with E-state index in [9.17, 15) is 0 Å². The van der Waals surface area contributed by atoms with Gasteiger partial charge in [0.1, 0.15) is 0 Å². The van der Waals surface area contributed by atoms with E-state index in [1.54, 1.807) is 0 Å². The van der Waals surface area contributed by atoms with E-state index in [0.717, 1.165) is 12.3 Å². The van der Waals surface area contributed by atoms with Crippen LogP contribution in [-0.2, 0) is 0 Å². The average Bonchev–Trinajstić information content (AvgIpc) is 1.98. The average molecular weight is 160 g/mol. The molecule has 0 aliphatic carbocycles. The molecule has 0 fully saturated rings. The molecule has 3 heteroatoms. The first-order chi connectivity index (χ1) is 4.81. The van der Waals surface area contributed by atoms with Gasteiger partial charge in [-0.15, -0.1) is 0 Å². The molecule has 60 valence electrons. The van der Waals surface area contributed by atoms with Crippen molar-refractivity contribution in [2.24, 2.45) is 11.5 Å². The molecule has 0 aliphatic heterocycles. The van der Waals surface area contributed by atoms with Gasteiger partial charge in [0.15, 0.2) is 0 Å². The predicted molar refractivity (Wildman–Crippen MR) is 49.2 cm³/mol. The molecule has 0 aliphatic rings. The van der Waals surface area contributed by atoms with Crippen LogP contribution in [0.4, 0.5) is 0 Å². The van der Waals surface area contributed by atoms with E-state index >= 15 is 0 Å². The molecule has 10 heavy (non-hydrogen) atoms. The Labute approximate surface area is 67.0 Å². The number of hydrogen-bond acceptors (Lipinski definition) is 3. The summed E-state index contributed by atoms with van der Waals surface area (Å²) < 4.78 is 0. The maximum atomic E-state index is 5.42. The Morgan fingerprint density at radius 2 is 2.10 bits per heavy atom. The maximum absolute atomic E-state index is 5.42. The Morgan fingerprint density at radius 3 is 2.60 bits per heavy atom. The molecule has 0 radical (unpaired) electrons. The summed E-state index contributed by atoms with van der Waals surface area (Å²) in [7, 11) is 0. The fraction of sp³-hybridized carbons (Fsp3) is 0.714. The van der Waals surface area contributed by atoms with Gasteiger partial charge in [-0.3, -0.25) is 0 Å². The topological polar surface area (TPSA) is 52.0 Å². The Morgan fingerprint density at radius 1 is 1.40 bits per heavy atom. The highest BCUT2D eigenvalue weighted by Gasteiger charge is 1.94. The van der Waals surface area contributed by atoms with Gasteiger partial charge in [0.05, 0.1) is 0 Å². The third kappa shape index (κ3) is 6.13. The minimum atomic E-state index is 0.558. The first-order valence-corrected chi connectivity index (χ1v) is 4.53. The van der Waals surface area contributed by atoms with Gasteiger partial charge in [0.25, 0.3) is 0 Å². The van der Waals surface area contributed by atoms with Crippen molar-refractivity contribution in [1.29, 1.82) is 0 Å². The van der Waals surface area contributed by atoms with Crippen molar-refractivity contribution in [3.8, 4) is 0 Å². The second kappa shape index (κ2) is 7.12. The van der Waals surface area contributed by atoms with Crippen molar-refractivity contribution in [1.82, 2.24) is 0 Å². The lowest BCUT2D eigenvalue weighted by atomic mass is 10.5. The fourth-order valence-electron chi connectivity index (χ4n) is 0.452. The van der Waals surface area contributed by atoms with E-state index in [4.69, 9.17) is 11.5 Å². The summed E-state index contributed by atoms with van der Waals surface area (Å²) >= 11 is 1.85. The van der Waals surface area contributed by atoms with E-state index in [-0.39, 0.29) is 0 Å². The second-order valence-corrected chi connectivity index (χ2v) is 3.56. The maximum Gasteiger partial charge on any atom is 0.0145 e. The fourth-order valence-corrected chi connectivity index (χ4v) is 1.16. The monoisotopic (exact) mass is 160 g/mol. The molecular formula is C7H16N2S. The van der Waals surface area contributed by atoms with Gasteiger partial charge in [-0.25, -0.2) is 0 Å². The summed E-state index contributed by atoms with van der Waals surface area (Å²) in [5, 5.41) is 0.558. The summed E-state index contributed by atoms with van der Waals surface area (Å²) in [6.07, 6.45) is 4.05. The van der Waals surface area contributed by atoms with Crippen molar-refractivity contribution in [3.05, 3.63) is 12.2 Å². The van der Waals surface area contributed by atoms with Gasteiger partial charge >= 0.3 is 0 Å². The van der Waals surface area contributed by atoms with Crippen molar-refractivity contribution in [3.63, 3.8) is 0 Å². The van der Waals surface area contributed by atoms with Crippen LogP contribution in [0.15, 0.2) is 12.2 Å². The van der Waals surface area contributed by atoms with Crippen LogP contribution in [0.5, 0.6) is 0 Å². The van der Waals surface area contributed by atoms with Crippen LogP contribution in [0.25, 0.3) is 0 Å². The molecule has 4 N–H and O–H groups in total. The zero-order valence-electron chi connectivity index (χ0n) is 6.42. The summed E-state index contributed by atoms with van der Waals surface area (Å²) in [6, 6.07) is 0. The molecular weight excluding hydrogens is 144 g/mol. The Hall–Kier alpha value is 0.01000. The zero-order valence-corrected chi connectivity index (χ0v) is 7.23. The van der Waals surface area contributed by atoms with Crippen LogP contribution in [0, 0.1) is 0 Å². The summed E-state index contributed by atoms with van der Waals surface area (Å²) in [6.45, 7) is 3.51. The minimum Gasteiger partial charge on any atom is -0.329 e. The number of thioether (sulfide) groups is 1. The van der Waals surface area contributed by atoms with E-state index < -0.39 is 0 Å². The summed E-state index contributed by atoms with van der Waals surface area (Å²) in [5.41, 5.74) is 10.7. The lowest BCUT2D eigenvalue weighted by molar-refractivity contribution is 0.953. The molecule has 0 aromatic carbocycles. The quantitative estimate of drug-likeness (QED) is 0.578. The van der Waals surface area contributed by atoms with Crippen LogP contribution in [0.2, 0.25) is 0 Å². The predicted octanol–water partition coefficient (Wildman–Crippen LogP) is 0.582. The van der Waals surface area contributed by atoms with Gasteiger partial charge < -0.3 is 11.5 Å². The lowest BCUT2D eigenvalue weighted by Gasteiger charge is -2.03. The minimum absolute atomic E-state index is 0.558. The molecule has 1 unspecified atom stereocenters. The van der Waals surface area contributed by atoms with Crippen LogP contribution < -0.4 is 11.5 Å². The number of hydrogen-bond donors (Lipinski definition) is 2. The van der Waals surface area contributed by atoms with Gasteiger partial charge in [0.2, 0.25) is 0 Å². The smallest absolute Gasteiger partial charge is 0.0145 e. The summed E-state index contributed by atoms with van der Waals surface area (Å²) in [5.74, 6) is 1.02. The molecule has 0 heterocycles. The Bertz CT molecular complexity index is 93.6. The highest BCUT2D eigenvalue weighted by atomic mass is 32.2.